The molecule has 4 nitrogen and oxygen atoms in total. The van der Waals surface area contributed by atoms with Crippen LogP contribution in [0, 0.1) is 0 Å². The highest BCUT2D eigenvalue weighted by Gasteiger charge is 2.45. The van der Waals surface area contributed by atoms with E-state index in [4.69, 9.17) is 4.99 Å². The van der Waals surface area contributed by atoms with Gasteiger partial charge in [-0.15, -0.1) is 0 Å². The van der Waals surface area contributed by atoms with Gasteiger partial charge in [0.25, 0.3) is 0 Å². The number of para-hydroxylation sites is 3. The molecule has 10 rings (SSSR count). The average molecular weight is 781 g/mol. The van der Waals surface area contributed by atoms with Gasteiger partial charge >= 0.3 is 0 Å². The van der Waals surface area contributed by atoms with Gasteiger partial charge in [-0.1, -0.05) is 195 Å². The Morgan fingerprint density at radius 3 is 1.64 bits per heavy atom. The molecule has 0 saturated carbocycles. The van der Waals surface area contributed by atoms with E-state index in [1.165, 1.54) is 53.5 Å². The Morgan fingerprint density at radius 1 is 0.576 bits per heavy atom. The van der Waals surface area contributed by atoms with E-state index in [-0.39, 0.29) is 12.2 Å². The third-order valence-corrected chi connectivity index (χ3v) is 17.3. The van der Waals surface area contributed by atoms with Crippen LogP contribution in [0.4, 0.5) is 0 Å². The Labute approximate surface area is 348 Å². The van der Waals surface area contributed by atoms with E-state index in [9.17, 15) is 0 Å². The summed E-state index contributed by atoms with van der Waals surface area (Å²) in [6.45, 7) is 2.24. The smallest absolute Gasteiger partial charge is 0.208 e. The number of benzene rings is 7. The number of allylic oxidation sites excluding steroid dienone is 1. The predicted octanol–water partition coefficient (Wildman–Crippen LogP) is 10.4. The molecule has 2 unspecified atom stereocenters. The fourth-order valence-corrected chi connectivity index (χ4v) is 14.8. The maximum Gasteiger partial charge on any atom is 0.208 e. The monoisotopic (exact) mass is 780 g/mol. The first-order valence-electron chi connectivity index (χ1n) is 21.0. The molecule has 1 aliphatic rings. The third kappa shape index (κ3) is 6.16. The van der Waals surface area contributed by atoms with Crippen molar-refractivity contribution in [2.24, 2.45) is 4.99 Å². The Kier molecular flexibility index (Phi) is 9.67. The van der Waals surface area contributed by atoms with Crippen LogP contribution in [-0.2, 0) is 0 Å². The Balaban J connectivity index is 1.25. The molecule has 7 aromatic carbocycles. The van der Waals surface area contributed by atoms with Crippen molar-refractivity contribution < 1.29 is 0 Å². The first-order valence-corrected chi connectivity index (χ1v) is 23.0. The number of hydrogen-bond acceptors (Lipinski definition) is 2. The minimum absolute atomic E-state index is 0.00752. The van der Waals surface area contributed by atoms with Crippen LogP contribution in [-0.4, -0.2) is 35.1 Å². The molecule has 0 fully saturated rings. The maximum absolute atomic E-state index is 5.83. The maximum atomic E-state index is 5.83. The van der Waals surface area contributed by atoms with Gasteiger partial charge in [0.15, 0.2) is 8.07 Å². The lowest BCUT2D eigenvalue weighted by atomic mass is 9.99. The van der Waals surface area contributed by atoms with Crippen molar-refractivity contribution in [2.75, 3.05) is 7.05 Å². The fourth-order valence-electron chi connectivity index (χ4n) is 9.79. The molecule has 2 atom stereocenters. The summed E-state index contributed by atoms with van der Waals surface area (Å²) in [5.41, 5.74) is 6.11. The largest absolute Gasteiger partial charge is 0.338 e. The number of unbranched alkanes of at least 4 members (excludes halogenated alkanes) is 1. The highest BCUT2D eigenvalue weighted by molar-refractivity contribution is 7.20. The summed E-state index contributed by atoms with van der Waals surface area (Å²) in [5.74, 6) is 0.950. The Hall–Kier alpha value is -6.69. The highest BCUT2D eigenvalue weighted by atomic mass is 28.3. The summed E-state index contributed by atoms with van der Waals surface area (Å²) in [4.78, 5) is 8.31. The Morgan fingerprint density at radius 2 is 1.07 bits per heavy atom. The second-order valence-corrected chi connectivity index (χ2v) is 19.5. The Bertz CT molecular complexity index is 2810. The third-order valence-electron chi connectivity index (χ3n) is 12.5. The standard InChI is InChI=1S/C54H48N4Si/c1-3-4-8-23-40-39-57(48-34-19-15-30-44(40)48)53-38-51(56(2)54(55-53)58-49-35-20-16-31-45(49)46-32-17-21-36-50(46)58)47-33-18-22-37-52(47)59(41-24-9-5-10-25-41,42-26-11-6-12-27-42)43-28-13-7-14-29-43/h5-37,39,51,53H,3-4,38H2,1-2H3/b23-8-. The van der Waals surface area contributed by atoms with E-state index in [0.717, 1.165) is 36.3 Å². The van der Waals surface area contributed by atoms with Crippen LogP contribution in [0.3, 0.4) is 0 Å². The van der Waals surface area contributed by atoms with Crippen LogP contribution in [0.5, 0.6) is 0 Å². The van der Waals surface area contributed by atoms with Gasteiger partial charge in [0, 0.05) is 35.8 Å². The van der Waals surface area contributed by atoms with Gasteiger partial charge in [0.1, 0.15) is 6.17 Å². The van der Waals surface area contributed by atoms with Crippen molar-refractivity contribution in [3.05, 3.63) is 211 Å². The molecule has 288 valence electrons. The fraction of sp³-hybridized carbons (Fsp3) is 0.130. The first-order chi connectivity index (χ1) is 29.2. The lowest BCUT2D eigenvalue weighted by Gasteiger charge is -2.42. The number of hydrogen-bond donors (Lipinski definition) is 0. The number of rotatable bonds is 9. The quantitative estimate of drug-likeness (QED) is 0.106. The highest BCUT2D eigenvalue weighted by Crippen LogP contribution is 2.40. The number of fused-ring (bicyclic) bond motifs is 4. The molecular formula is C54H48N4Si. The van der Waals surface area contributed by atoms with E-state index in [2.05, 4.69) is 234 Å². The van der Waals surface area contributed by atoms with Crippen molar-refractivity contribution in [1.29, 1.82) is 0 Å². The summed E-state index contributed by atoms with van der Waals surface area (Å²) in [6, 6.07) is 69.7. The molecule has 1 aliphatic heterocycles. The number of aromatic nitrogens is 2. The van der Waals surface area contributed by atoms with Crippen LogP contribution in [0.25, 0.3) is 38.8 Å². The van der Waals surface area contributed by atoms with Gasteiger partial charge in [-0.05, 0) is 56.5 Å². The predicted molar refractivity (Wildman–Crippen MR) is 252 cm³/mol. The van der Waals surface area contributed by atoms with Crippen molar-refractivity contribution in [2.45, 2.75) is 38.4 Å². The topological polar surface area (TPSA) is 25.5 Å². The molecular weight excluding hydrogens is 733 g/mol. The molecule has 3 heterocycles. The van der Waals surface area contributed by atoms with Crippen molar-refractivity contribution >= 4 is 73.6 Å². The summed E-state index contributed by atoms with van der Waals surface area (Å²) in [5, 5.41) is 9.24. The van der Waals surface area contributed by atoms with Gasteiger partial charge in [0.2, 0.25) is 5.96 Å². The molecule has 0 spiro atoms. The minimum Gasteiger partial charge on any atom is -0.338 e. The van der Waals surface area contributed by atoms with Crippen LogP contribution in [0.2, 0.25) is 0 Å². The molecule has 0 radical (unpaired) electrons. The number of nitrogens with zero attached hydrogens (tertiary/aromatic N) is 4. The molecule has 2 aromatic heterocycles. The van der Waals surface area contributed by atoms with Gasteiger partial charge in [0.05, 0.1) is 22.6 Å². The summed E-state index contributed by atoms with van der Waals surface area (Å²) in [6.07, 6.45) is 9.77. The summed E-state index contributed by atoms with van der Waals surface area (Å²) < 4.78 is 4.87. The SMILES string of the molecule is CCC/C=C\c1cn(C2CC(c3ccccc3[Si](c3ccccc3)(c3ccccc3)c3ccccc3)N(C)C(n3c4ccccc4c4ccccc43)=N2)c2ccccc12. The second kappa shape index (κ2) is 15.6. The molecule has 9 aromatic rings. The average Bonchev–Trinajstić information content (AvgIpc) is 3.84. The van der Waals surface area contributed by atoms with E-state index in [1.807, 2.05) is 0 Å². The van der Waals surface area contributed by atoms with Gasteiger partial charge in [-0.3, -0.25) is 4.57 Å². The lowest BCUT2D eigenvalue weighted by molar-refractivity contribution is 0.270. The zero-order valence-corrected chi connectivity index (χ0v) is 34.7. The minimum atomic E-state index is -2.88. The van der Waals surface area contributed by atoms with E-state index in [0.29, 0.717) is 0 Å². The van der Waals surface area contributed by atoms with Crippen molar-refractivity contribution in [1.82, 2.24) is 14.0 Å². The van der Waals surface area contributed by atoms with Crippen molar-refractivity contribution in [3.63, 3.8) is 0 Å². The summed E-state index contributed by atoms with van der Waals surface area (Å²) >= 11 is 0. The lowest BCUT2D eigenvalue weighted by Crippen LogP contribution is -2.75. The molecule has 0 saturated heterocycles. The zero-order chi connectivity index (χ0) is 39.8. The second-order valence-electron chi connectivity index (χ2n) is 15.8. The molecule has 59 heavy (non-hydrogen) atoms. The van der Waals surface area contributed by atoms with Crippen molar-refractivity contribution in [3.8, 4) is 0 Å². The van der Waals surface area contributed by atoms with Crippen LogP contribution in [0.1, 0.15) is 49.5 Å². The molecule has 0 aliphatic carbocycles. The van der Waals surface area contributed by atoms with Crippen LogP contribution in [0.15, 0.2) is 205 Å². The van der Waals surface area contributed by atoms with E-state index in [1.54, 1.807) is 0 Å². The van der Waals surface area contributed by atoms with Crippen LogP contribution < -0.4 is 20.7 Å². The molecule has 0 N–H and O–H groups in total. The zero-order valence-electron chi connectivity index (χ0n) is 33.7. The van der Waals surface area contributed by atoms with Gasteiger partial charge in [-0.25, -0.2) is 4.99 Å². The van der Waals surface area contributed by atoms with Crippen LogP contribution >= 0.6 is 0 Å². The normalized spacial score (nSPS) is 16.0. The number of aliphatic imine (C=N–C) groups is 1. The van der Waals surface area contributed by atoms with Gasteiger partial charge < -0.3 is 9.47 Å². The summed E-state index contributed by atoms with van der Waals surface area (Å²) in [7, 11) is -0.615. The molecule has 5 heteroatoms. The van der Waals surface area contributed by atoms with E-state index >= 15 is 0 Å². The molecule has 0 amide bonds. The van der Waals surface area contributed by atoms with Gasteiger partial charge in [-0.2, -0.15) is 0 Å². The first kappa shape index (κ1) is 36.6. The molecule has 0 bridgehead atoms. The van der Waals surface area contributed by atoms with E-state index < -0.39 is 8.07 Å².